The van der Waals surface area contributed by atoms with E-state index in [2.05, 4.69) is 10.3 Å². The zero-order valence-electron chi connectivity index (χ0n) is 16.5. The first-order valence-corrected chi connectivity index (χ1v) is 10.1. The molecule has 0 aliphatic carbocycles. The van der Waals surface area contributed by atoms with Gasteiger partial charge in [0.15, 0.2) is 0 Å². The summed E-state index contributed by atoms with van der Waals surface area (Å²) in [7, 11) is 1.54. The Bertz CT molecular complexity index is 1050. The summed E-state index contributed by atoms with van der Waals surface area (Å²) in [5, 5.41) is 13.9. The molecule has 1 aliphatic heterocycles. The summed E-state index contributed by atoms with van der Waals surface area (Å²) in [6.07, 6.45) is 2.19. The summed E-state index contributed by atoms with van der Waals surface area (Å²) in [6, 6.07) is 13.4. The first-order chi connectivity index (χ1) is 14.5. The van der Waals surface area contributed by atoms with E-state index >= 15 is 0 Å². The Morgan fingerprint density at radius 1 is 1.20 bits per heavy atom. The molecule has 156 valence electrons. The van der Waals surface area contributed by atoms with Crippen molar-refractivity contribution in [1.29, 1.82) is 0 Å². The number of hydrogen-bond acceptors (Lipinski definition) is 5. The van der Waals surface area contributed by atoms with Gasteiger partial charge in [0.25, 0.3) is 0 Å². The fraction of sp³-hybridized carbons (Fsp3) is 0.261. The van der Waals surface area contributed by atoms with Gasteiger partial charge in [-0.1, -0.05) is 17.7 Å². The molecule has 4 rings (SSSR count). The molecule has 0 spiro atoms. The average molecular weight is 429 g/mol. The molecule has 2 heterocycles. The van der Waals surface area contributed by atoms with Crippen LogP contribution in [0.25, 0.3) is 22.4 Å². The smallest absolute Gasteiger partial charge is 0.142 e. The molecule has 1 aromatic heterocycles. The van der Waals surface area contributed by atoms with Crippen molar-refractivity contribution in [3.63, 3.8) is 0 Å². The summed E-state index contributed by atoms with van der Waals surface area (Å²) < 4.78 is 24.9. The van der Waals surface area contributed by atoms with Crippen molar-refractivity contribution in [3.05, 3.63) is 59.4 Å². The highest BCUT2D eigenvalue weighted by molar-refractivity contribution is 6.30. The number of methoxy groups -OCH3 is 1. The second kappa shape index (κ2) is 8.90. The lowest BCUT2D eigenvalue weighted by Gasteiger charge is -2.15. The number of pyridine rings is 1. The van der Waals surface area contributed by atoms with Crippen molar-refractivity contribution < 1.29 is 19.0 Å². The summed E-state index contributed by atoms with van der Waals surface area (Å²) in [5.74, 6) is 0.715. The largest absolute Gasteiger partial charge is 0.507 e. The van der Waals surface area contributed by atoms with E-state index in [4.69, 9.17) is 21.1 Å². The summed E-state index contributed by atoms with van der Waals surface area (Å²) >= 11 is 5.84. The zero-order valence-corrected chi connectivity index (χ0v) is 17.2. The topological polar surface area (TPSA) is 63.6 Å². The third kappa shape index (κ3) is 4.50. The molecule has 0 bridgehead atoms. The SMILES string of the molecule is COc1ccc(-c2cc(-c3ccc(Cl)c(F)c3)cc(NCC3CCCO3)n2)c(O)c1. The fourth-order valence-electron chi connectivity index (χ4n) is 3.48. The van der Waals surface area contributed by atoms with Crippen molar-refractivity contribution >= 4 is 17.4 Å². The van der Waals surface area contributed by atoms with Crippen LogP contribution in [-0.4, -0.2) is 36.5 Å². The predicted molar refractivity (Wildman–Crippen MR) is 116 cm³/mol. The molecule has 0 amide bonds. The number of aromatic hydroxyl groups is 1. The van der Waals surface area contributed by atoms with Gasteiger partial charge in [0.2, 0.25) is 0 Å². The van der Waals surface area contributed by atoms with Crippen LogP contribution in [0.1, 0.15) is 12.8 Å². The van der Waals surface area contributed by atoms with Crippen LogP contribution in [0, 0.1) is 5.82 Å². The molecule has 0 saturated carbocycles. The van der Waals surface area contributed by atoms with Crippen molar-refractivity contribution in [2.24, 2.45) is 0 Å². The minimum absolute atomic E-state index is 0.0476. The predicted octanol–water partition coefficient (Wildman–Crippen LogP) is 5.51. The van der Waals surface area contributed by atoms with E-state index < -0.39 is 5.82 Å². The number of hydrogen-bond donors (Lipinski definition) is 2. The van der Waals surface area contributed by atoms with Crippen LogP contribution < -0.4 is 10.1 Å². The number of nitrogens with one attached hydrogen (secondary N) is 1. The Morgan fingerprint density at radius 2 is 2.07 bits per heavy atom. The molecule has 1 aliphatic rings. The lowest BCUT2D eigenvalue weighted by molar-refractivity contribution is 0.120. The van der Waals surface area contributed by atoms with E-state index in [1.807, 2.05) is 12.1 Å². The lowest BCUT2D eigenvalue weighted by atomic mass is 10.0. The quantitative estimate of drug-likeness (QED) is 0.541. The number of ether oxygens (including phenoxy) is 2. The van der Waals surface area contributed by atoms with Gasteiger partial charge >= 0.3 is 0 Å². The average Bonchev–Trinajstić information content (AvgIpc) is 3.27. The van der Waals surface area contributed by atoms with Crippen LogP contribution >= 0.6 is 11.6 Å². The Kier molecular flexibility index (Phi) is 6.06. The number of halogens is 2. The Hall–Kier alpha value is -2.83. The molecule has 1 fully saturated rings. The first-order valence-electron chi connectivity index (χ1n) is 9.74. The standard InChI is InChI=1S/C23H22ClFN2O3/c1-29-16-5-6-18(22(28)12-16)21-10-15(14-4-7-19(24)20(25)9-14)11-23(27-21)26-13-17-3-2-8-30-17/h4-7,9-12,17,28H,2-3,8,13H2,1H3,(H,26,27). The highest BCUT2D eigenvalue weighted by Gasteiger charge is 2.17. The van der Waals surface area contributed by atoms with Crippen LogP contribution in [0.5, 0.6) is 11.5 Å². The Balaban J connectivity index is 1.74. The molecular weight excluding hydrogens is 407 g/mol. The number of benzene rings is 2. The molecule has 2 N–H and O–H groups in total. The maximum absolute atomic E-state index is 14.1. The molecule has 7 heteroatoms. The van der Waals surface area contributed by atoms with Crippen molar-refractivity contribution in [2.45, 2.75) is 18.9 Å². The van der Waals surface area contributed by atoms with Gasteiger partial charge < -0.3 is 19.9 Å². The monoisotopic (exact) mass is 428 g/mol. The van der Waals surface area contributed by atoms with Crippen LogP contribution in [0.3, 0.4) is 0 Å². The minimum Gasteiger partial charge on any atom is -0.507 e. The maximum Gasteiger partial charge on any atom is 0.142 e. The molecular formula is C23H22ClFN2O3. The molecule has 1 atom stereocenters. The van der Waals surface area contributed by atoms with Gasteiger partial charge in [0, 0.05) is 24.8 Å². The number of phenolic OH excluding ortho intramolecular Hbond substituents is 1. The van der Waals surface area contributed by atoms with Gasteiger partial charge in [-0.3, -0.25) is 0 Å². The van der Waals surface area contributed by atoms with E-state index in [-0.39, 0.29) is 16.9 Å². The highest BCUT2D eigenvalue weighted by atomic mass is 35.5. The molecule has 2 aromatic carbocycles. The van der Waals surface area contributed by atoms with Crippen molar-refractivity contribution in [1.82, 2.24) is 4.98 Å². The van der Waals surface area contributed by atoms with Crippen LogP contribution in [-0.2, 0) is 4.74 Å². The number of nitrogens with zero attached hydrogens (tertiary/aromatic N) is 1. The molecule has 5 nitrogen and oxygen atoms in total. The maximum atomic E-state index is 14.1. The van der Waals surface area contributed by atoms with E-state index in [0.717, 1.165) is 25.0 Å². The number of rotatable bonds is 6. The van der Waals surface area contributed by atoms with E-state index in [9.17, 15) is 9.50 Å². The zero-order chi connectivity index (χ0) is 21.1. The molecule has 3 aromatic rings. The van der Waals surface area contributed by atoms with Crippen LogP contribution in [0.2, 0.25) is 5.02 Å². The van der Waals surface area contributed by atoms with Gasteiger partial charge in [0.05, 0.1) is 23.9 Å². The Morgan fingerprint density at radius 3 is 2.77 bits per heavy atom. The third-order valence-electron chi connectivity index (χ3n) is 5.09. The minimum atomic E-state index is -0.492. The third-order valence-corrected chi connectivity index (χ3v) is 5.40. The molecule has 0 radical (unpaired) electrons. The lowest BCUT2D eigenvalue weighted by Crippen LogP contribution is -2.19. The van der Waals surface area contributed by atoms with Gasteiger partial charge in [0.1, 0.15) is 23.1 Å². The summed E-state index contributed by atoms with van der Waals surface area (Å²) in [5.41, 5.74) is 2.51. The number of aromatic nitrogens is 1. The first kappa shape index (κ1) is 20.4. The van der Waals surface area contributed by atoms with Crippen molar-refractivity contribution in [2.75, 3.05) is 25.6 Å². The van der Waals surface area contributed by atoms with E-state index in [1.165, 1.54) is 25.3 Å². The van der Waals surface area contributed by atoms with Crippen molar-refractivity contribution in [3.8, 4) is 33.9 Å². The second-order valence-corrected chi connectivity index (χ2v) is 7.56. The Labute approximate surface area is 179 Å². The van der Waals surface area contributed by atoms with E-state index in [1.54, 1.807) is 18.2 Å². The number of anilines is 1. The molecule has 30 heavy (non-hydrogen) atoms. The summed E-state index contributed by atoms with van der Waals surface area (Å²) in [6.45, 7) is 1.40. The summed E-state index contributed by atoms with van der Waals surface area (Å²) in [4.78, 5) is 4.66. The van der Waals surface area contributed by atoms with Gasteiger partial charge in [-0.15, -0.1) is 0 Å². The van der Waals surface area contributed by atoms with Gasteiger partial charge in [-0.05, 0) is 60.4 Å². The number of phenols is 1. The molecule has 1 saturated heterocycles. The van der Waals surface area contributed by atoms with E-state index in [0.29, 0.717) is 34.9 Å². The fourth-order valence-corrected chi connectivity index (χ4v) is 3.60. The van der Waals surface area contributed by atoms with Gasteiger partial charge in [-0.2, -0.15) is 0 Å². The van der Waals surface area contributed by atoms with Crippen LogP contribution in [0.15, 0.2) is 48.5 Å². The van der Waals surface area contributed by atoms with Crippen LogP contribution in [0.4, 0.5) is 10.2 Å². The van der Waals surface area contributed by atoms with Gasteiger partial charge in [-0.25, -0.2) is 9.37 Å². The molecule has 1 unspecified atom stereocenters. The second-order valence-electron chi connectivity index (χ2n) is 7.15. The highest BCUT2D eigenvalue weighted by Crippen LogP contribution is 2.35. The normalized spacial score (nSPS) is 15.9.